The highest BCUT2D eigenvalue weighted by atomic mass is 16.3. The third-order valence-corrected chi connectivity index (χ3v) is 4.72. The molecule has 2 heterocycles. The first-order chi connectivity index (χ1) is 10.1. The number of anilines is 1. The number of benzene rings is 1. The number of aliphatic hydroxyl groups is 1. The number of nitrogens with one attached hydrogen (secondary N) is 1. The Hall–Kier alpha value is -1.55. The SMILES string of the molecule is CCNc1ccc(C)cc1C(=O)N1C2CCC1CC(O)C2. The number of nitrogens with zero attached hydrogens (tertiary/aromatic N) is 1. The maximum atomic E-state index is 13.0. The quantitative estimate of drug-likeness (QED) is 0.898. The Morgan fingerprint density at radius 2 is 2.00 bits per heavy atom. The van der Waals surface area contributed by atoms with Gasteiger partial charge >= 0.3 is 0 Å². The van der Waals surface area contributed by atoms with Crippen molar-refractivity contribution in [3.8, 4) is 0 Å². The van der Waals surface area contributed by atoms with Crippen LogP contribution in [0.3, 0.4) is 0 Å². The van der Waals surface area contributed by atoms with Crippen molar-refractivity contribution in [3.05, 3.63) is 29.3 Å². The van der Waals surface area contributed by atoms with E-state index >= 15 is 0 Å². The van der Waals surface area contributed by atoms with Crippen LogP contribution in [0.1, 0.15) is 48.5 Å². The molecule has 2 aliphatic heterocycles. The minimum atomic E-state index is -0.239. The minimum absolute atomic E-state index is 0.119. The Bertz CT molecular complexity index is 530. The fourth-order valence-electron chi connectivity index (χ4n) is 3.80. The van der Waals surface area contributed by atoms with Gasteiger partial charge < -0.3 is 15.3 Å². The molecule has 0 spiro atoms. The maximum absolute atomic E-state index is 13.0. The number of aliphatic hydroxyl groups excluding tert-OH is 1. The van der Waals surface area contributed by atoms with E-state index < -0.39 is 0 Å². The zero-order valence-corrected chi connectivity index (χ0v) is 12.8. The molecule has 0 aromatic heterocycles. The molecule has 114 valence electrons. The van der Waals surface area contributed by atoms with Crippen molar-refractivity contribution in [3.63, 3.8) is 0 Å². The summed E-state index contributed by atoms with van der Waals surface area (Å²) in [4.78, 5) is 15.0. The van der Waals surface area contributed by atoms with Crippen molar-refractivity contribution < 1.29 is 9.90 Å². The summed E-state index contributed by atoms with van der Waals surface area (Å²) in [6, 6.07) is 6.42. The van der Waals surface area contributed by atoms with Crippen LogP contribution in [-0.4, -0.2) is 40.6 Å². The number of fused-ring (bicyclic) bond motifs is 2. The standard InChI is InChI=1S/C17H24N2O2/c1-3-18-16-7-4-11(2)8-15(16)17(21)19-12-5-6-13(19)10-14(20)9-12/h4,7-8,12-14,18,20H,3,5-6,9-10H2,1-2H3. The van der Waals surface area contributed by atoms with Crippen molar-refractivity contribution in [2.45, 2.75) is 57.7 Å². The van der Waals surface area contributed by atoms with Crippen molar-refractivity contribution in [1.82, 2.24) is 4.90 Å². The first-order valence-electron chi connectivity index (χ1n) is 7.95. The molecule has 1 aromatic rings. The fraction of sp³-hybridized carbons (Fsp3) is 0.588. The van der Waals surface area contributed by atoms with Gasteiger partial charge in [-0.15, -0.1) is 0 Å². The number of amides is 1. The number of piperidine rings is 1. The molecule has 0 aliphatic carbocycles. The highest BCUT2D eigenvalue weighted by molar-refractivity contribution is 6.00. The first-order valence-corrected chi connectivity index (χ1v) is 7.95. The van der Waals surface area contributed by atoms with E-state index in [4.69, 9.17) is 0 Å². The highest BCUT2D eigenvalue weighted by Gasteiger charge is 2.43. The van der Waals surface area contributed by atoms with Gasteiger partial charge in [0.05, 0.1) is 11.7 Å². The third-order valence-electron chi connectivity index (χ3n) is 4.72. The van der Waals surface area contributed by atoms with Gasteiger partial charge in [-0.2, -0.15) is 0 Å². The number of carbonyl (C=O) groups excluding carboxylic acids is 1. The molecule has 21 heavy (non-hydrogen) atoms. The monoisotopic (exact) mass is 288 g/mol. The van der Waals surface area contributed by atoms with Crippen LogP contribution >= 0.6 is 0 Å². The number of hydrogen-bond acceptors (Lipinski definition) is 3. The molecule has 2 bridgehead atoms. The van der Waals surface area contributed by atoms with Gasteiger partial charge in [0.2, 0.25) is 0 Å². The summed E-state index contributed by atoms with van der Waals surface area (Å²) in [5.41, 5.74) is 2.79. The lowest BCUT2D eigenvalue weighted by atomic mass is 9.98. The molecule has 4 nitrogen and oxygen atoms in total. The van der Waals surface area contributed by atoms with E-state index in [1.807, 2.05) is 36.9 Å². The van der Waals surface area contributed by atoms with E-state index in [-0.39, 0.29) is 24.1 Å². The molecule has 2 fully saturated rings. The van der Waals surface area contributed by atoms with Crippen LogP contribution in [0.2, 0.25) is 0 Å². The molecule has 1 aromatic carbocycles. The lowest BCUT2D eigenvalue weighted by Crippen LogP contribution is -2.48. The van der Waals surface area contributed by atoms with Crippen LogP contribution in [0.4, 0.5) is 5.69 Å². The first kappa shape index (κ1) is 14.4. The van der Waals surface area contributed by atoms with E-state index in [0.717, 1.165) is 49.0 Å². The summed E-state index contributed by atoms with van der Waals surface area (Å²) in [7, 11) is 0. The zero-order valence-electron chi connectivity index (χ0n) is 12.8. The summed E-state index contributed by atoms with van der Waals surface area (Å²) in [5, 5.41) is 13.2. The minimum Gasteiger partial charge on any atom is -0.393 e. The lowest BCUT2D eigenvalue weighted by molar-refractivity contribution is 0.0287. The lowest BCUT2D eigenvalue weighted by Gasteiger charge is -2.37. The van der Waals surface area contributed by atoms with Crippen LogP contribution in [0.25, 0.3) is 0 Å². The smallest absolute Gasteiger partial charge is 0.256 e. The van der Waals surface area contributed by atoms with Gasteiger partial charge in [0.15, 0.2) is 0 Å². The van der Waals surface area contributed by atoms with E-state index in [1.54, 1.807) is 0 Å². The highest BCUT2D eigenvalue weighted by Crippen LogP contribution is 2.37. The van der Waals surface area contributed by atoms with Gasteiger partial charge in [-0.3, -0.25) is 4.79 Å². The normalized spacial score (nSPS) is 27.8. The third kappa shape index (κ3) is 2.64. The second-order valence-electron chi connectivity index (χ2n) is 6.30. The van der Waals surface area contributed by atoms with Crippen molar-refractivity contribution in [1.29, 1.82) is 0 Å². The number of aryl methyl sites for hydroxylation is 1. The molecule has 2 atom stereocenters. The molecule has 2 unspecified atom stereocenters. The summed E-state index contributed by atoms with van der Waals surface area (Å²) >= 11 is 0. The predicted octanol–water partition coefficient (Wildman–Crippen LogP) is 2.55. The molecule has 0 radical (unpaired) electrons. The molecule has 2 N–H and O–H groups in total. The van der Waals surface area contributed by atoms with Gasteiger partial charge in [0.1, 0.15) is 0 Å². The number of rotatable bonds is 3. The van der Waals surface area contributed by atoms with E-state index in [0.29, 0.717) is 0 Å². The van der Waals surface area contributed by atoms with Crippen LogP contribution in [0.5, 0.6) is 0 Å². The van der Waals surface area contributed by atoms with Gasteiger partial charge in [-0.25, -0.2) is 0 Å². The van der Waals surface area contributed by atoms with Crippen molar-refractivity contribution in [2.75, 3.05) is 11.9 Å². The fourth-order valence-corrected chi connectivity index (χ4v) is 3.80. The van der Waals surface area contributed by atoms with E-state index in [1.165, 1.54) is 0 Å². The van der Waals surface area contributed by atoms with Gasteiger partial charge in [0.25, 0.3) is 5.91 Å². The van der Waals surface area contributed by atoms with Gasteiger partial charge in [-0.05, 0) is 51.7 Å². The second kappa shape index (κ2) is 5.68. The molecule has 1 amide bonds. The van der Waals surface area contributed by atoms with Crippen molar-refractivity contribution >= 4 is 11.6 Å². The molecule has 2 saturated heterocycles. The summed E-state index contributed by atoms with van der Waals surface area (Å²) in [5.74, 6) is 0.119. The average molecular weight is 288 g/mol. The van der Waals surface area contributed by atoms with Gasteiger partial charge in [0, 0.05) is 24.3 Å². The molecule has 4 heteroatoms. The predicted molar refractivity (Wildman–Crippen MR) is 83.6 cm³/mol. The Kier molecular flexibility index (Phi) is 3.89. The van der Waals surface area contributed by atoms with E-state index in [2.05, 4.69) is 5.32 Å². The van der Waals surface area contributed by atoms with E-state index in [9.17, 15) is 9.90 Å². The number of hydrogen-bond donors (Lipinski definition) is 2. The van der Waals surface area contributed by atoms with Crippen LogP contribution in [-0.2, 0) is 0 Å². The molecular formula is C17H24N2O2. The van der Waals surface area contributed by atoms with Crippen LogP contribution < -0.4 is 5.32 Å². The summed E-state index contributed by atoms with van der Waals surface area (Å²) in [6.07, 6.45) is 3.26. The Labute approximate surface area is 126 Å². The Balaban J connectivity index is 1.90. The molecule has 3 rings (SSSR count). The molecule has 0 saturated carbocycles. The average Bonchev–Trinajstić information content (AvgIpc) is 2.72. The zero-order chi connectivity index (χ0) is 15.0. The number of carbonyl (C=O) groups is 1. The Morgan fingerprint density at radius 3 is 2.62 bits per heavy atom. The van der Waals surface area contributed by atoms with Crippen LogP contribution in [0, 0.1) is 6.92 Å². The molecule has 2 aliphatic rings. The summed E-state index contributed by atoms with van der Waals surface area (Å²) in [6.45, 7) is 4.85. The van der Waals surface area contributed by atoms with Crippen molar-refractivity contribution in [2.24, 2.45) is 0 Å². The molecular weight excluding hydrogens is 264 g/mol. The van der Waals surface area contributed by atoms with Crippen LogP contribution in [0.15, 0.2) is 18.2 Å². The largest absolute Gasteiger partial charge is 0.393 e. The van der Waals surface area contributed by atoms with Gasteiger partial charge in [-0.1, -0.05) is 11.6 Å². The topological polar surface area (TPSA) is 52.6 Å². The summed E-state index contributed by atoms with van der Waals surface area (Å²) < 4.78 is 0. The Morgan fingerprint density at radius 1 is 1.33 bits per heavy atom. The second-order valence-corrected chi connectivity index (χ2v) is 6.30. The maximum Gasteiger partial charge on any atom is 0.256 e.